The average Bonchev–Trinajstić information content (AvgIpc) is 2.58. The van der Waals surface area contributed by atoms with Gasteiger partial charge in [0.05, 0.1) is 12.3 Å². The number of rotatable bonds is 6. The Kier molecular flexibility index (Phi) is 5.74. The van der Waals surface area contributed by atoms with Crippen molar-refractivity contribution in [3.05, 3.63) is 59.7 Å². The van der Waals surface area contributed by atoms with Gasteiger partial charge in [-0.1, -0.05) is 19.1 Å². The highest BCUT2D eigenvalue weighted by Crippen LogP contribution is 2.16. The first-order valence-corrected chi connectivity index (χ1v) is 7.47. The summed E-state index contributed by atoms with van der Waals surface area (Å²) in [7, 11) is 0. The van der Waals surface area contributed by atoms with Crippen molar-refractivity contribution in [1.29, 1.82) is 0 Å². The number of phenols is 1. The summed E-state index contributed by atoms with van der Waals surface area (Å²) in [6.07, 6.45) is 0.933. The Labute approximate surface area is 135 Å². The van der Waals surface area contributed by atoms with E-state index in [9.17, 15) is 9.90 Å². The molecule has 0 saturated carbocycles. The Morgan fingerprint density at radius 3 is 2.52 bits per heavy atom. The van der Waals surface area contributed by atoms with Crippen LogP contribution in [0.4, 0.5) is 0 Å². The highest BCUT2D eigenvalue weighted by molar-refractivity contribution is 6.02. The SMILES string of the molecule is CCCOc1ccc(C(=O)N/N=C(\C)c2ccccc2O)cc1. The molecule has 0 bridgehead atoms. The molecule has 0 atom stereocenters. The number of amides is 1. The molecule has 5 heteroatoms. The van der Waals surface area contributed by atoms with Crippen molar-refractivity contribution in [2.24, 2.45) is 5.10 Å². The third-order valence-electron chi connectivity index (χ3n) is 3.21. The number of phenolic OH excluding ortho intramolecular Hbond substituents is 1. The van der Waals surface area contributed by atoms with E-state index in [0.29, 0.717) is 23.4 Å². The number of hydrogen-bond acceptors (Lipinski definition) is 4. The summed E-state index contributed by atoms with van der Waals surface area (Å²) in [6.45, 7) is 4.40. The highest BCUT2D eigenvalue weighted by Gasteiger charge is 2.07. The summed E-state index contributed by atoms with van der Waals surface area (Å²) in [5.41, 5.74) is 4.08. The second-order valence-corrected chi connectivity index (χ2v) is 5.03. The third-order valence-corrected chi connectivity index (χ3v) is 3.21. The van der Waals surface area contributed by atoms with Gasteiger partial charge in [0.15, 0.2) is 0 Å². The van der Waals surface area contributed by atoms with Crippen LogP contribution in [0.3, 0.4) is 0 Å². The van der Waals surface area contributed by atoms with E-state index in [1.807, 2.05) is 6.92 Å². The van der Waals surface area contributed by atoms with Crippen LogP contribution < -0.4 is 10.2 Å². The van der Waals surface area contributed by atoms with Gasteiger partial charge in [-0.25, -0.2) is 5.43 Å². The van der Waals surface area contributed by atoms with Gasteiger partial charge in [0.2, 0.25) is 0 Å². The van der Waals surface area contributed by atoms with Crippen LogP contribution in [0.25, 0.3) is 0 Å². The molecule has 0 aromatic heterocycles. The Hall–Kier alpha value is -2.82. The molecular weight excluding hydrogens is 292 g/mol. The Bertz CT molecular complexity index is 694. The largest absolute Gasteiger partial charge is 0.507 e. The van der Waals surface area contributed by atoms with Gasteiger partial charge in [0, 0.05) is 11.1 Å². The van der Waals surface area contributed by atoms with Gasteiger partial charge in [-0.2, -0.15) is 5.10 Å². The van der Waals surface area contributed by atoms with Crippen molar-refractivity contribution in [2.75, 3.05) is 6.61 Å². The lowest BCUT2D eigenvalue weighted by molar-refractivity contribution is 0.0955. The number of hydrogen-bond donors (Lipinski definition) is 2. The maximum atomic E-state index is 12.1. The van der Waals surface area contributed by atoms with Crippen molar-refractivity contribution >= 4 is 11.6 Å². The third kappa shape index (κ3) is 4.57. The molecule has 0 aliphatic carbocycles. The molecule has 120 valence electrons. The van der Waals surface area contributed by atoms with Crippen molar-refractivity contribution in [2.45, 2.75) is 20.3 Å². The Morgan fingerprint density at radius 2 is 1.87 bits per heavy atom. The monoisotopic (exact) mass is 312 g/mol. The number of carbonyl (C=O) groups excluding carboxylic acids is 1. The van der Waals surface area contributed by atoms with Crippen molar-refractivity contribution in [1.82, 2.24) is 5.43 Å². The Morgan fingerprint density at radius 1 is 1.17 bits per heavy atom. The minimum Gasteiger partial charge on any atom is -0.507 e. The molecule has 2 rings (SSSR count). The lowest BCUT2D eigenvalue weighted by atomic mass is 10.1. The van der Waals surface area contributed by atoms with Crippen LogP contribution in [0.15, 0.2) is 53.6 Å². The van der Waals surface area contributed by atoms with Crippen LogP contribution in [0.2, 0.25) is 0 Å². The zero-order valence-electron chi connectivity index (χ0n) is 13.2. The number of nitrogens with zero attached hydrogens (tertiary/aromatic N) is 1. The van der Waals surface area contributed by atoms with E-state index in [1.54, 1.807) is 55.5 Å². The summed E-state index contributed by atoms with van der Waals surface area (Å²) in [4.78, 5) is 12.1. The molecule has 2 N–H and O–H groups in total. The number of para-hydroxylation sites is 1. The first-order valence-electron chi connectivity index (χ1n) is 7.47. The summed E-state index contributed by atoms with van der Waals surface area (Å²) in [6, 6.07) is 13.7. The molecule has 0 fully saturated rings. The smallest absolute Gasteiger partial charge is 0.271 e. The molecule has 0 spiro atoms. The van der Waals surface area contributed by atoms with Gasteiger partial charge in [-0.3, -0.25) is 4.79 Å². The fraction of sp³-hybridized carbons (Fsp3) is 0.222. The summed E-state index contributed by atoms with van der Waals surface area (Å²) < 4.78 is 5.47. The van der Waals surface area contributed by atoms with E-state index < -0.39 is 0 Å². The van der Waals surface area contributed by atoms with Gasteiger partial charge in [0.1, 0.15) is 11.5 Å². The summed E-state index contributed by atoms with van der Waals surface area (Å²) in [5.74, 6) is 0.541. The molecule has 2 aromatic rings. The van der Waals surface area contributed by atoms with Crippen LogP contribution in [0, 0.1) is 0 Å². The maximum Gasteiger partial charge on any atom is 0.271 e. The molecule has 1 amide bonds. The Balaban J connectivity index is 2.01. The zero-order chi connectivity index (χ0) is 16.7. The van der Waals surface area contributed by atoms with Crippen molar-refractivity contribution < 1.29 is 14.6 Å². The number of ether oxygens (including phenoxy) is 1. The topological polar surface area (TPSA) is 70.9 Å². The quantitative estimate of drug-likeness (QED) is 0.635. The second-order valence-electron chi connectivity index (χ2n) is 5.03. The summed E-state index contributed by atoms with van der Waals surface area (Å²) >= 11 is 0. The van der Waals surface area contributed by atoms with Crippen LogP contribution >= 0.6 is 0 Å². The van der Waals surface area contributed by atoms with E-state index >= 15 is 0 Å². The van der Waals surface area contributed by atoms with Gasteiger partial charge in [-0.05, 0) is 49.7 Å². The standard InChI is InChI=1S/C18H20N2O3/c1-3-12-23-15-10-8-14(9-11-15)18(22)20-19-13(2)16-6-4-5-7-17(16)21/h4-11,21H,3,12H2,1-2H3,(H,20,22)/b19-13+. The molecule has 0 aliphatic rings. The molecular formula is C18H20N2O3. The van der Waals surface area contributed by atoms with E-state index in [0.717, 1.165) is 12.2 Å². The van der Waals surface area contributed by atoms with Crippen LogP contribution in [-0.4, -0.2) is 23.3 Å². The summed E-state index contributed by atoms with van der Waals surface area (Å²) in [5, 5.41) is 13.8. The fourth-order valence-corrected chi connectivity index (χ4v) is 1.96. The van der Waals surface area contributed by atoms with Crippen LogP contribution in [0.5, 0.6) is 11.5 Å². The molecule has 0 aliphatic heterocycles. The molecule has 0 heterocycles. The van der Waals surface area contributed by atoms with E-state index in [1.165, 1.54) is 0 Å². The van der Waals surface area contributed by atoms with Crippen molar-refractivity contribution in [3.63, 3.8) is 0 Å². The van der Waals surface area contributed by atoms with Crippen LogP contribution in [-0.2, 0) is 0 Å². The molecule has 0 radical (unpaired) electrons. The normalized spacial score (nSPS) is 11.1. The van der Waals surface area contributed by atoms with Gasteiger partial charge < -0.3 is 9.84 Å². The van der Waals surface area contributed by atoms with E-state index in [-0.39, 0.29) is 11.7 Å². The maximum absolute atomic E-state index is 12.1. The molecule has 0 saturated heterocycles. The number of carbonyl (C=O) groups is 1. The predicted octanol–water partition coefficient (Wildman–Crippen LogP) is 3.34. The van der Waals surface area contributed by atoms with Gasteiger partial charge >= 0.3 is 0 Å². The minimum atomic E-state index is -0.318. The number of aromatic hydroxyl groups is 1. The zero-order valence-corrected chi connectivity index (χ0v) is 13.2. The molecule has 5 nitrogen and oxygen atoms in total. The van der Waals surface area contributed by atoms with Crippen LogP contribution in [0.1, 0.15) is 36.2 Å². The highest BCUT2D eigenvalue weighted by atomic mass is 16.5. The average molecular weight is 312 g/mol. The van der Waals surface area contributed by atoms with Gasteiger partial charge in [-0.15, -0.1) is 0 Å². The first-order chi connectivity index (χ1) is 11.1. The predicted molar refractivity (Wildman–Crippen MR) is 90.0 cm³/mol. The second kappa shape index (κ2) is 7.98. The number of benzene rings is 2. The first kappa shape index (κ1) is 16.5. The number of hydrazone groups is 1. The minimum absolute atomic E-state index is 0.125. The lowest BCUT2D eigenvalue weighted by Crippen LogP contribution is -2.19. The lowest BCUT2D eigenvalue weighted by Gasteiger charge is -2.06. The molecule has 2 aromatic carbocycles. The molecule has 23 heavy (non-hydrogen) atoms. The molecule has 0 unspecified atom stereocenters. The van der Waals surface area contributed by atoms with Gasteiger partial charge in [0.25, 0.3) is 5.91 Å². The van der Waals surface area contributed by atoms with E-state index in [2.05, 4.69) is 10.5 Å². The van der Waals surface area contributed by atoms with Crippen molar-refractivity contribution in [3.8, 4) is 11.5 Å². The number of nitrogens with one attached hydrogen (secondary N) is 1. The fourth-order valence-electron chi connectivity index (χ4n) is 1.96. The van der Waals surface area contributed by atoms with E-state index in [4.69, 9.17) is 4.74 Å².